The van der Waals surface area contributed by atoms with Crippen molar-refractivity contribution in [3.05, 3.63) is 70.6 Å². The van der Waals surface area contributed by atoms with Gasteiger partial charge in [-0.2, -0.15) is 0 Å². The minimum absolute atomic E-state index is 0.0513. The molecular formula is C17H13NO4. The number of hydrogen-bond donors (Lipinski definition) is 1. The van der Waals surface area contributed by atoms with Crippen molar-refractivity contribution in [2.45, 2.75) is 0 Å². The van der Waals surface area contributed by atoms with Gasteiger partial charge in [-0.25, -0.2) is 4.79 Å². The maximum Gasteiger partial charge on any atom is 0.349 e. The normalized spacial score (nSPS) is 10.4. The fourth-order valence-corrected chi connectivity index (χ4v) is 2.11. The molecule has 0 radical (unpaired) electrons. The molecule has 0 atom stereocenters. The topological polar surface area (TPSA) is 68.5 Å². The standard InChI is InChI=1S/C17H13NO4/c1-21-13-7-8-15-11(9-13)10-14(17(20)22-15)16(19)18-12-5-3-2-4-6-12/h2-10H,1H3,(H,18,19). The summed E-state index contributed by atoms with van der Waals surface area (Å²) in [7, 11) is 1.54. The van der Waals surface area contributed by atoms with Crippen molar-refractivity contribution >= 4 is 22.6 Å². The number of ether oxygens (including phenoxy) is 1. The Morgan fingerprint density at radius 1 is 1.09 bits per heavy atom. The third-order valence-electron chi connectivity index (χ3n) is 3.22. The Hall–Kier alpha value is -3.08. The number of carbonyl (C=O) groups excluding carboxylic acids is 1. The minimum Gasteiger partial charge on any atom is -0.497 e. The first-order valence-electron chi connectivity index (χ1n) is 6.65. The van der Waals surface area contributed by atoms with Gasteiger partial charge in [0.15, 0.2) is 0 Å². The van der Waals surface area contributed by atoms with E-state index in [4.69, 9.17) is 9.15 Å². The maximum absolute atomic E-state index is 12.2. The molecule has 0 saturated carbocycles. The fraction of sp³-hybridized carbons (Fsp3) is 0.0588. The van der Waals surface area contributed by atoms with E-state index in [1.165, 1.54) is 6.07 Å². The van der Waals surface area contributed by atoms with Crippen LogP contribution in [0.1, 0.15) is 10.4 Å². The van der Waals surface area contributed by atoms with Gasteiger partial charge < -0.3 is 14.5 Å². The zero-order valence-electron chi connectivity index (χ0n) is 11.8. The van der Waals surface area contributed by atoms with E-state index < -0.39 is 11.5 Å². The summed E-state index contributed by atoms with van der Waals surface area (Å²) in [5.74, 6) is 0.112. The van der Waals surface area contributed by atoms with Crippen LogP contribution in [0.15, 0.2) is 63.8 Å². The highest BCUT2D eigenvalue weighted by Crippen LogP contribution is 2.20. The van der Waals surface area contributed by atoms with E-state index >= 15 is 0 Å². The summed E-state index contributed by atoms with van der Waals surface area (Å²) in [5.41, 5.74) is 0.287. The molecule has 0 aliphatic carbocycles. The second-order valence-electron chi connectivity index (χ2n) is 4.67. The van der Waals surface area contributed by atoms with Crippen LogP contribution in [0, 0.1) is 0 Å². The molecule has 0 aliphatic rings. The Balaban J connectivity index is 2.00. The van der Waals surface area contributed by atoms with E-state index in [1.807, 2.05) is 6.07 Å². The summed E-state index contributed by atoms with van der Waals surface area (Å²) in [6, 6.07) is 15.4. The molecule has 22 heavy (non-hydrogen) atoms. The zero-order chi connectivity index (χ0) is 15.5. The number of amides is 1. The first-order chi connectivity index (χ1) is 10.7. The van der Waals surface area contributed by atoms with E-state index in [0.29, 0.717) is 22.4 Å². The van der Waals surface area contributed by atoms with Crippen molar-refractivity contribution in [1.82, 2.24) is 0 Å². The van der Waals surface area contributed by atoms with Gasteiger partial charge >= 0.3 is 5.63 Å². The average molecular weight is 295 g/mol. The highest BCUT2D eigenvalue weighted by atomic mass is 16.5. The molecule has 5 heteroatoms. The summed E-state index contributed by atoms with van der Waals surface area (Å²) in [5, 5.41) is 3.28. The summed E-state index contributed by atoms with van der Waals surface area (Å²) in [6.45, 7) is 0. The van der Waals surface area contributed by atoms with E-state index in [-0.39, 0.29) is 5.56 Å². The van der Waals surface area contributed by atoms with Gasteiger partial charge in [-0.15, -0.1) is 0 Å². The van der Waals surface area contributed by atoms with Crippen molar-refractivity contribution in [3.8, 4) is 5.75 Å². The van der Waals surface area contributed by atoms with Crippen LogP contribution in [-0.2, 0) is 0 Å². The summed E-state index contributed by atoms with van der Waals surface area (Å²) < 4.78 is 10.3. The van der Waals surface area contributed by atoms with Gasteiger partial charge in [0.25, 0.3) is 5.91 Å². The minimum atomic E-state index is -0.675. The highest BCUT2D eigenvalue weighted by Gasteiger charge is 2.14. The smallest absolute Gasteiger partial charge is 0.349 e. The Morgan fingerprint density at radius 3 is 2.59 bits per heavy atom. The third kappa shape index (κ3) is 2.69. The Bertz CT molecular complexity index is 884. The summed E-state index contributed by atoms with van der Waals surface area (Å²) in [4.78, 5) is 24.2. The predicted molar refractivity (Wildman–Crippen MR) is 83.4 cm³/mol. The van der Waals surface area contributed by atoms with Crippen LogP contribution < -0.4 is 15.7 Å². The molecule has 1 amide bonds. The summed E-state index contributed by atoms with van der Waals surface area (Å²) >= 11 is 0. The molecular weight excluding hydrogens is 282 g/mol. The van der Waals surface area contributed by atoms with E-state index in [0.717, 1.165) is 0 Å². The molecule has 0 aliphatic heterocycles. The van der Waals surface area contributed by atoms with Crippen LogP contribution in [0.3, 0.4) is 0 Å². The van der Waals surface area contributed by atoms with Crippen LogP contribution in [-0.4, -0.2) is 13.0 Å². The van der Waals surface area contributed by atoms with Gasteiger partial charge in [0.2, 0.25) is 0 Å². The third-order valence-corrected chi connectivity index (χ3v) is 3.22. The molecule has 2 aromatic carbocycles. The highest BCUT2D eigenvalue weighted by molar-refractivity contribution is 6.05. The van der Waals surface area contributed by atoms with Crippen LogP contribution in [0.25, 0.3) is 11.0 Å². The zero-order valence-corrected chi connectivity index (χ0v) is 11.8. The van der Waals surface area contributed by atoms with Crippen molar-refractivity contribution in [3.63, 3.8) is 0 Å². The van der Waals surface area contributed by atoms with Crippen molar-refractivity contribution in [2.24, 2.45) is 0 Å². The first kappa shape index (κ1) is 13.9. The number of carbonyl (C=O) groups is 1. The fourth-order valence-electron chi connectivity index (χ4n) is 2.11. The number of methoxy groups -OCH3 is 1. The maximum atomic E-state index is 12.2. The van der Waals surface area contributed by atoms with Crippen LogP contribution in [0.4, 0.5) is 5.69 Å². The molecule has 0 unspecified atom stereocenters. The lowest BCUT2D eigenvalue weighted by molar-refractivity contribution is 0.102. The van der Waals surface area contributed by atoms with Crippen molar-refractivity contribution < 1.29 is 13.9 Å². The average Bonchev–Trinajstić information content (AvgIpc) is 2.54. The molecule has 0 saturated heterocycles. The lowest BCUT2D eigenvalue weighted by Gasteiger charge is -2.06. The second kappa shape index (κ2) is 5.73. The first-order valence-corrected chi connectivity index (χ1v) is 6.65. The molecule has 3 aromatic rings. The lowest BCUT2D eigenvalue weighted by Crippen LogP contribution is -2.20. The molecule has 1 N–H and O–H groups in total. The number of anilines is 1. The lowest BCUT2D eigenvalue weighted by atomic mass is 10.1. The number of benzene rings is 2. The van der Waals surface area contributed by atoms with Crippen LogP contribution >= 0.6 is 0 Å². The Morgan fingerprint density at radius 2 is 1.86 bits per heavy atom. The molecule has 3 rings (SSSR count). The molecule has 0 spiro atoms. The molecule has 5 nitrogen and oxygen atoms in total. The van der Waals surface area contributed by atoms with Crippen LogP contribution in [0.5, 0.6) is 5.75 Å². The van der Waals surface area contributed by atoms with E-state index in [9.17, 15) is 9.59 Å². The number of nitrogens with one attached hydrogen (secondary N) is 1. The van der Waals surface area contributed by atoms with Gasteiger partial charge in [-0.05, 0) is 36.4 Å². The quantitative estimate of drug-likeness (QED) is 0.754. The number of rotatable bonds is 3. The van der Waals surface area contributed by atoms with Crippen molar-refractivity contribution in [2.75, 3.05) is 12.4 Å². The van der Waals surface area contributed by atoms with Gasteiger partial charge in [-0.1, -0.05) is 18.2 Å². The summed E-state index contributed by atoms with van der Waals surface area (Å²) in [6.07, 6.45) is 0. The molecule has 110 valence electrons. The Kier molecular flexibility index (Phi) is 3.62. The molecule has 1 aromatic heterocycles. The van der Waals surface area contributed by atoms with Gasteiger partial charge in [0, 0.05) is 11.1 Å². The molecule has 1 heterocycles. The van der Waals surface area contributed by atoms with E-state index in [1.54, 1.807) is 49.6 Å². The molecule has 0 bridgehead atoms. The monoisotopic (exact) mass is 295 g/mol. The number of para-hydroxylation sites is 1. The number of fused-ring (bicyclic) bond motifs is 1. The SMILES string of the molecule is COc1ccc2oc(=O)c(C(=O)Nc3ccccc3)cc2c1. The van der Waals surface area contributed by atoms with Gasteiger partial charge in [0.05, 0.1) is 7.11 Å². The van der Waals surface area contributed by atoms with Crippen LogP contribution in [0.2, 0.25) is 0 Å². The van der Waals surface area contributed by atoms with Gasteiger partial charge in [-0.3, -0.25) is 4.79 Å². The van der Waals surface area contributed by atoms with Crippen molar-refractivity contribution in [1.29, 1.82) is 0 Å². The largest absolute Gasteiger partial charge is 0.497 e. The van der Waals surface area contributed by atoms with E-state index in [2.05, 4.69) is 5.32 Å². The second-order valence-corrected chi connectivity index (χ2v) is 4.67. The number of hydrogen-bond acceptors (Lipinski definition) is 4. The Labute approximate surface area is 126 Å². The predicted octanol–water partition coefficient (Wildman–Crippen LogP) is 3.05. The van der Waals surface area contributed by atoms with Gasteiger partial charge in [0.1, 0.15) is 16.9 Å². The molecule has 0 fully saturated rings.